The zero-order valence-corrected chi connectivity index (χ0v) is 12.4. The molecule has 2 heterocycles. The minimum Gasteiger partial charge on any atom is -0.456 e. The molecule has 2 amide bonds. The molecule has 0 aliphatic rings. The number of aromatic nitrogens is 1. The van der Waals surface area contributed by atoms with Crippen LogP contribution in [0.25, 0.3) is 5.69 Å². The number of nitrogens with one attached hydrogen (secondary N) is 2. The van der Waals surface area contributed by atoms with Crippen molar-refractivity contribution in [2.75, 3.05) is 0 Å². The van der Waals surface area contributed by atoms with Crippen molar-refractivity contribution in [3.8, 4) is 5.69 Å². The van der Waals surface area contributed by atoms with Crippen LogP contribution in [0.5, 0.6) is 0 Å². The molecule has 1 aromatic carbocycles. The maximum absolute atomic E-state index is 12.3. The molecule has 0 fully saturated rings. The highest BCUT2D eigenvalue weighted by Crippen LogP contribution is 2.14. The lowest BCUT2D eigenvalue weighted by atomic mass is 10.1. The van der Waals surface area contributed by atoms with Gasteiger partial charge in [0.15, 0.2) is 5.76 Å². The second-order valence-corrected chi connectivity index (χ2v) is 4.93. The third-order valence-electron chi connectivity index (χ3n) is 3.29. The molecule has 2 N–H and O–H groups in total. The van der Waals surface area contributed by atoms with E-state index < -0.39 is 11.8 Å². The molecule has 0 aliphatic carbocycles. The molecule has 0 spiro atoms. The van der Waals surface area contributed by atoms with Gasteiger partial charge in [0.2, 0.25) is 0 Å². The Hall–Kier alpha value is -3.28. The van der Waals surface area contributed by atoms with Crippen LogP contribution in [0, 0.1) is 6.92 Å². The smallest absolute Gasteiger partial charge is 0.305 e. The second kappa shape index (κ2) is 6.23. The topological polar surface area (TPSA) is 76.3 Å². The van der Waals surface area contributed by atoms with Crippen molar-refractivity contribution in [2.45, 2.75) is 6.92 Å². The third kappa shape index (κ3) is 3.16. The van der Waals surface area contributed by atoms with Crippen molar-refractivity contribution in [1.29, 1.82) is 0 Å². The first kappa shape index (κ1) is 14.6. The van der Waals surface area contributed by atoms with Gasteiger partial charge in [-0.25, -0.2) is 0 Å². The number of carbonyl (C=O) groups is 2. The number of nitrogens with zero attached hydrogens (tertiary/aromatic N) is 1. The van der Waals surface area contributed by atoms with Crippen LogP contribution in [0.4, 0.5) is 0 Å². The second-order valence-electron chi connectivity index (χ2n) is 4.93. The fraction of sp³-hybridized carbons (Fsp3) is 0.0588. The lowest BCUT2D eigenvalue weighted by Crippen LogP contribution is -2.41. The lowest BCUT2D eigenvalue weighted by Gasteiger charge is -2.11. The minimum atomic E-state index is -0.509. The quantitative estimate of drug-likeness (QED) is 0.730. The number of amides is 2. The maximum atomic E-state index is 12.3. The van der Waals surface area contributed by atoms with Crippen LogP contribution >= 0.6 is 0 Å². The number of aryl methyl sites for hydroxylation is 1. The zero-order chi connectivity index (χ0) is 16.2. The molecule has 3 aromatic rings. The Morgan fingerprint density at radius 2 is 1.61 bits per heavy atom. The highest BCUT2D eigenvalue weighted by molar-refractivity contribution is 6.00. The SMILES string of the molecule is Cc1ccc(C(=O)NNC(=O)c2ccccc2-n2cccc2)o1. The van der Waals surface area contributed by atoms with Crippen LogP contribution < -0.4 is 10.9 Å². The van der Waals surface area contributed by atoms with Gasteiger partial charge < -0.3 is 8.98 Å². The van der Waals surface area contributed by atoms with Gasteiger partial charge in [-0.3, -0.25) is 20.4 Å². The molecule has 0 aliphatic heterocycles. The van der Waals surface area contributed by atoms with Crippen LogP contribution in [-0.4, -0.2) is 16.4 Å². The number of hydrogen-bond acceptors (Lipinski definition) is 3. The summed E-state index contributed by atoms with van der Waals surface area (Å²) in [7, 11) is 0. The lowest BCUT2D eigenvalue weighted by molar-refractivity contribution is 0.0830. The largest absolute Gasteiger partial charge is 0.456 e. The van der Waals surface area contributed by atoms with Gasteiger partial charge in [-0.2, -0.15) is 0 Å². The molecule has 116 valence electrons. The predicted molar refractivity (Wildman–Crippen MR) is 84.1 cm³/mol. The van der Waals surface area contributed by atoms with Crippen molar-refractivity contribution in [3.63, 3.8) is 0 Å². The standard InChI is InChI=1S/C17H15N3O3/c1-12-8-9-15(23-12)17(22)19-18-16(21)13-6-2-3-7-14(13)20-10-4-5-11-20/h2-11H,1H3,(H,18,21)(H,19,22). The maximum Gasteiger partial charge on any atom is 0.305 e. The average Bonchev–Trinajstić information content (AvgIpc) is 3.24. The van der Waals surface area contributed by atoms with Crippen LogP contribution in [0.3, 0.4) is 0 Å². The normalized spacial score (nSPS) is 10.3. The van der Waals surface area contributed by atoms with E-state index in [1.54, 1.807) is 31.2 Å². The molecule has 6 heteroatoms. The van der Waals surface area contributed by atoms with Gasteiger partial charge in [-0.1, -0.05) is 12.1 Å². The summed E-state index contributed by atoms with van der Waals surface area (Å²) in [6.45, 7) is 1.74. The third-order valence-corrected chi connectivity index (χ3v) is 3.29. The monoisotopic (exact) mass is 309 g/mol. The van der Waals surface area contributed by atoms with Crippen molar-refractivity contribution >= 4 is 11.8 Å². The molecule has 2 aromatic heterocycles. The van der Waals surface area contributed by atoms with Crippen LogP contribution in [0.1, 0.15) is 26.7 Å². The highest BCUT2D eigenvalue weighted by Gasteiger charge is 2.14. The Morgan fingerprint density at radius 3 is 2.30 bits per heavy atom. The Labute approximate surface area is 132 Å². The molecule has 6 nitrogen and oxygen atoms in total. The number of hydrazine groups is 1. The molecule has 0 unspecified atom stereocenters. The van der Waals surface area contributed by atoms with Crippen molar-refractivity contribution < 1.29 is 14.0 Å². The van der Waals surface area contributed by atoms with Crippen molar-refractivity contribution in [3.05, 3.63) is 78.0 Å². The number of carbonyl (C=O) groups excluding carboxylic acids is 2. The van der Waals surface area contributed by atoms with Crippen LogP contribution in [0.15, 0.2) is 65.3 Å². The summed E-state index contributed by atoms with van der Waals surface area (Å²) in [6.07, 6.45) is 3.69. The molecule has 3 rings (SSSR count). The fourth-order valence-corrected chi connectivity index (χ4v) is 2.18. The molecule has 23 heavy (non-hydrogen) atoms. The minimum absolute atomic E-state index is 0.140. The number of rotatable bonds is 3. The molecule has 0 bridgehead atoms. The van der Waals surface area contributed by atoms with Gasteiger partial charge in [0.1, 0.15) is 5.76 Å². The first-order valence-electron chi connectivity index (χ1n) is 7.04. The molecule has 0 saturated carbocycles. The van der Waals surface area contributed by atoms with E-state index in [0.717, 1.165) is 5.69 Å². The van der Waals surface area contributed by atoms with E-state index in [1.807, 2.05) is 41.2 Å². The Balaban J connectivity index is 1.73. The summed E-state index contributed by atoms with van der Waals surface area (Å²) in [5.41, 5.74) is 5.90. The van der Waals surface area contributed by atoms with Crippen molar-refractivity contribution in [2.24, 2.45) is 0 Å². The fourth-order valence-electron chi connectivity index (χ4n) is 2.18. The molecule has 0 saturated heterocycles. The van der Waals surface area contributed by atoms with E-state index >= 15 is 0 Å². The number of furan rings is 1. The van der Waals surface area contributed by atoms with Gasteiger partial charge in [0.05, 0.1) is 11.3 Å². The highest BCUT2D eigenvalue weighted by atomic mass is 16.3. The van der Waals surface area contributed by atoms with E-state index in [2.05, 4.69) is 10.9 Å². The average molecular weight is 309 g/mol. The van der Waals surface area contributed by atoms with E-state index in [9.17, 15) is 9.59 Å². The van der Waals surface area contributed by atoms with E-state index in [4.69, 9.17) is 4.42 Å². The summed E-state index contributed by atoms with van der Waals surface area (Å²) in [6, 6.07) is 14.1. The van der Waals surface area contributed by atoms with Gasteiger partial charge in [-0.15, -0.1) is 0 Å². The van der Waals surface area contributed by atoms with Gasteiger partial charge >= 0.3 is 5.91 Å². The number of para-hydroxylation sites is 1. The van der Waals surface area contributed by atoms with Gasteiger partial charge in [-0.05, 0) is 43.3 Å². The summed E-state index contributed by atoms with van der Waals surface area (Å²) >= 11 is 0. The number of benzene rings is 1. The van der Waals surface area contributed by atoms with Crippen LogP contribution in [-0.2, 0) is 0 Å². The van der Waals surface area contributed by atoms with Gasteiger partial charge in [0, 0.05) is 12.4 Å². The molecular formula is C17H15N3O3. The summed E-state index contributed by atoms with van der Waals surface area (Å²) < 4.78 is 7.02. The molecule has 0 atom stereocenters. The first-order chi connectivity index (χ1) is 11.1. The summed E-state index contributed by atoms with van der Waals surface area (Å²) in [5, 5.41) is 0. The first-order valence-corrected chi connectivity index (χ1v) is 7.04. The Morgan fingerprint density at radius 1 is 0.913 bits per heavy atom. The molecule has 0 radical (unpaired) electrons. The van der Waals surface area contributed by atoms with E-state index in [0.29, 0.717) is 11.3 Å². The predicted octanol–water partition coefficient (Wildman–Crippen LogP) is 2.45. The van der Waals surface area contributed by atoms with Crippen LogP contribution in [0.2, 0.25) is 0 Å². The number of hydrogen-bond donors (Lipinski definition) is 2. The zero-order valence-electron chi connectivity index (χ0n) is 12.4. The Bertz CT molecular complexity index is 834. The summed E-state index contributed by atoms with van der Waals surface area (Å²) in [4.78, 5) is 24.2. The van der Waals surface area contributed by atoms with Gasteiger partial charge in [0.25, 0.3) is 5.91 Å². The summed E-state index contributed by atoms with van der Waals surface area (Å²) in [5.74, 6) is -0.156. The van der Waals surface area contributed by atoms with E-state index in [-0.39, 0.29) is 5.76 Å². The Kier molecular flexibility index (Phi) is 3.97. The van der Waals surface area contributed by atoms with Crippen molar-refractivity contribution in [1.82, 2.24) is 15.4 Å². The van der Waals surface area contributed by atoms with E-state index in [1.165, 1.54) is 0 Å². The molecular weight excluding hydrogens is 294 g/mol.